The van der Waals surface area contributed by atoms with Crippen LogP contribution in [0.1, 0.15) is 47.5 Å². The molecular formula is C14H17BrN2O2. The minimum absolute atomic E-state index is 0.00810. The molecule has 0 aromatic heterocycles. The molecule has 2 unspecified atom stereocenters. The van der Waals surface area contributed by atoms with Crippen LogP contribution in [0.15, 0.2) is 22.7 Å². The second-order valence-electron chi connectivity index (χ2n) is 5.00. The van der Waals surface area contributed by atoms with Crippen LogP contribution in [0.25, 0.3) is 0 Å². The number of hydrogen-bond acceptors (Lipinski definition) is 2. The Labute approximate surface area is 120 Å². The summed E-state index contributed by atoms with van der Waals surface area (Å²) in [6, 6.07) is 5.37. The lowest BCUT2D eigenvalue weighted by Gasteiger charge is -2.30. The molecule has 1 fully saturated rings. The zero-order valence-electron chi connectivity index (χ0n) is 10.6. The van der Waals surface area contributed by atoms with Crippen molar-refractivity contribution in [3.8, 4) is 0 Å². The minimum Gasteiger partial charge on any atom is -0.369 e. The van der Waals surface area contributed by atoms with Crippen molar-refractivity contribution in [3.63, 3.8) is 0 Å². The van der Waals surface area contributed by atoms with Gasteiger partial charge in [0.25, 0.3) is 0 Å². The first-order chi connectivity index (χ1) is 9.00. The Kier molecular flexibility index (Phi) is 4.24. The lowest BCUT2D eigenvalue weighted by molar-refractivity contribution is -0.123. The molecule has 0 spiro atoms. The molecule has 102 valence electrons. The molecule has 2 rings (SSSR count). The maximum absolute atomic E-state index is 11.6. The molecule has 19 heavy (non-hydrogen) atoms. The molecular weight excluding hydrogens is 308 g/mol. The van der Waals surface area contributed by atoms with E-state index >= 15 is 0 Å². The van der Waals surface area contributed by atoms with Gasteiger partial charge >= 0.3 is 0 Å². The van der Waals surface area contributed by atoms with E-state index in [1.165, 1.54) is 0 Å². The van der Waals surface area contributed by atoms with Crippen molar-refractivity contribution < 1.29 is 9.59 Å². The summed E-state index contributed by atoms with van der Waals surface area (Å²) in [4.78, 5) is 23.1. The van der Waals surface area contributed by atoms with E-state index in [2.05, 4.69) is 15.9 Å². The van der Waals surface area contributed by atoms with Gasteiger partial charge in [0, 0.05) is 16.0 Å². The summed E-state index contributed by atoms with van der Waals surface area (Å²) in [5.74, 6) is -0.969. The number of hydrogen-bond donors (Lipinski definition) is 2. The summed E-state index contributed by atoms with van der Waals surface area (Å²) in [5, 5.41) is 0. The highest BCUT2D eigenvalue weighted by molar-refractivity contribution is 9.10. The van der Waals surface area contributed by atoms with E-state index in [9.17, 15) is 9.59 Å². The van der Waals surface area contributed by atoms with Crippen LogP contribution < -0.4 is 11.5 Å². The smallest absolute Gasteiger partial charge is 0.248 e. The molecule has 0 heterocycles. The van der Waals surface area contributed by atoms with Crippen LogP contribution in [0.3, 0.4) is 0 Å². The highest BCUT2D eigenvalue weighted by Crippen LogP contribution is 2.39. The average molecular weight is 325 g/mol. The average Bonchev–Trinajstić information content (AvgIpc) is 2.38. The van der Waals surface area contributed by atoms with Crippen molar-refractivity contribution in [3.05, 3.63) is 33.8 Å². The summed E-state index contributed by atoms with van der Waals surface area (Å²) < 4.78 is 0.876. The summed E-state index contributed by atoms with van der Waals surface area (Å²) in [6.45, 7) is 0. The number of carbonyl (C=O) groups is 2. The Morgan fingerprint density at radius 1 is 1.16 bits per heavy atom. The van der Waals surface area contributed by atoms with Crippen molar-refractivity contribution in [2.24, 2.45) is 17.4 Å². The van der Waals surface area contributed by atoms with E-state index in [1.807, 2.05) is 6.07 Å². The van der Waals surface area contributed by atoms with E-state index in [-0.39, 0.29) is 17.7 Å². The predicted octanol–water partition coefficient (Wildman–Crippen LogP) is 2.31. The SMILES string of the molecule is NC(=O)c1ccc(Br)cc1C1CCCCC1C(N)=O. The van der Waals surface area contributed by atoms with Crippen LogP contribution in [0, 0.1) is 5.92 Å². The first-order valence-corrected chi connectivity index (χ1v) is 7.18. The zero-order chi connectivity index (χ0) is 14.0. The fourth-order valence-corrected chi connectivity index (χ4v) is 3.29. The highest BCUT2D eigenvalue weighted by atomic mass is 79.9. The third-order valence-corrected chi connectivity index (χ3v) is 4.30. The van der Waals surface area contributed by atoms with Crippen LogP contribution in [0.4, 0.5) is 0 Å². The van der Waals surface area contributed by atoms with Crippen molar-refractivity contribution >= 4 is 27.7 Å². The van der Waals surface area contributed by atoms with Crippen molar-refractivity contribution in [2.75, 3.05) is 0 Å². The molecule has 1 aliphatic carbocycles. The third kappa shape index (κ3) is 2.97. The lowest BCUT2D eigenvalue weighted by Crippen LogP contribution is -2.32. The number of nitrogens with two attached hydrogens (primary N) is 2. The fourth-order valence-electron chi connectivity index (χ4n) is 2.91. The van der Waals surface area contributed by atoms with Crippen LogP contribution >= 0.6 is 15.9 Å². The Morgan fingerprint density at radius 2 is 1.84 bits per heavy atom. The molecule has 1 aliphatic rings. The molecule has 1 aromatic carbocycles. The first-order valence-electron chi connectivity index (χ1n) is 6.39. The van der Waals surface area contributed by atoms with E-state index in [0.29, 0.717) is 5.56 Å². The van der Waals surface area contributed by atoms with E-state index in [0.717, 1.165) is 35.7 Å². The topological polar surface area (TPSA) is 86.2 Å². The highest BCUT2D eigenvalue weighted by Gasteiger charge is 2.32. The Balaban J connectivity index is 2.46. The number of carbonyl (C=O) groups excluding carboxylic acids is 2. The second-order valence-corrected chi connectivity index (χ2v) is 5.91. The number of primary amides is 2. The number of benzene rings is 1. The Hall–Kier alpha value is -1.36. The van der Waals surface area contributed by atoms with Gasteiger partial charge in [0.1, 0.15) is 0 Å². The predicted molar refractivity (Wildman–Crippen MR) is 76.6 cm³/mol. The third-order valence-electron chi connectivity index (χ3n) is 3.81. The van der Waals surface area contributed by atoms with Gasteiger partial charge in [0.05, 0.1) is 0 Å². The van der Waals surface area contributed by atoms with Crippen molar-refractivity contribution in [1.82, 2.24) is 0 Å². The summed E-state index contributed by atoms with van der Waals surface area (Å²) in [5.41, 5.74) is 12.2. The molecule has 4 N–H and O–H groups in total. The van der Waals surface area contributed by atoms with E-state index < -0.39 is 5.91 Å². The van der Waals surface area contributed by atoms with E-state index in [1.54, 1.807) is 12.1 Å². The Bertz CT molecular complexity index is 516. The molecule has 5 heteroatoms. The quantitative estimate of drug-likeness (QED) is 0.893. The molecule has 1 saturated carbocycles. The minimum atomic E-state index is -0.462. The standard InChI is InChI=1S/C14H17BrN2O2/c15-8-5-6-11(14(17)19)12(7-8)9-3-1-2-4-10(9)13(16)18/h5-7,9-10H,1-4H2,(H2,16,18)(H2,17,19). The number of halogens is 1. The molecule has 2 atom stereocenters. The van der Waals surface area contributed by atoms with Gasteiger partial charge in [-0.15, -0.1) is 0 Å². The number of rotatable bonds is 3. The largest absolute Gasteiger partial charge is 0.369 e. The maximum Gasteiger partial charge on any atom is 0.248 e. The normalized spacial score (nSPS) is 23.0. The van der Waals surface area contributed by atoms with Gasteiger partial charge in [-0.1, -0.05) is 28.8 Å². The van der Waals surface area contributed by atoms with Gasteiger partial charge in [-0.2, -0.15) is 0 Å². The molecule has 0 aliphatic heterocycles. The molecule has 4 nitrogen and oxygen atoms in total. The van der Waals surface area contributed by atoms with Crippen molar-refractivity contribution in [1.29, 1.82) is 0 Å². The molecule has 0 radical (unpaired) electrons. The van der Waals surface area contributed by atoms with Gasteiger partial charge in [-0.3, -0.25) is 9.59 Å². The second kappa shape index (κ2) is 5.74. The first kappa shape index (κ1) is 14.1. The van der Waals surface area contributed by atoms with Crippen LogP contribution in [0.5, 0.6) is 0 Å². The van der Waals surface area contributed by atoms with Gasteiger partial charge < -0.3 is 11.5 Å². The van der Waals surface area contributed by atoms with E-state index in [4.69, 9.17) is 11.5 Å². The maximum atomic E-state index is 11.6. The fraction of sp³-hybridized carbons (Fsp3) is 0.429. The van der Waals surface area contributed by atoms with Crippen LogP contribution in [-0.2, 0) is 4.79 Å². The monoisotopic (exact) mass is 324 g/mol. The van der Waals surface area contributed by atoms with Crippen LogP contribution in [0.2, 0.25) is 0 Å². The summed E-state index contributed by atoms with van der Waals surface area (Å²) in [6.07, 6.45) is 3.69. The summed E-state index contributed by atoms with van der Waals surface area (Å²) >= 11 is 3.40. The molecule has 0 saturated heterocycles. The van der Waals surface area contributed by atoms with Gasteiger partial charge in [-0.25, -0.2) is 0 Å². The molecule has 1 aromatic rings. The van der Waals surface area contributed by atoms with Crippen LogP contribution in [-0.4, -0.2) is 11.8 Å². The van der Waals surface area contributed by atoms with Gasteiger partial charge in [0.15, 0.2) is 0 Å². The van der Waals surface area contributed by atoms with Gasteiger partial charge in [0.2, 0.25) is 11.8 Å². The number of amides is 2. The molecule has 2 amide bonds. The Morgan fingerprint density at radius 3 is 2.47 bits per heavy atom. The van der Waals surface area contributed by atoms with Gasteiger partial charge in [-0.05, 0) is 42.5 Å². The summed E-state index contributed by atoms with van der Waals surface area (Å²) in [7, 11) is 0. The van der Waals surface area contributed by atoms with Crippen molar-refractivity contribution in [2.45, 2.75) is 31.6 Å². The zero-order valence-corrected chi connectivity index (χ0v) is 12.2. The lowest BCUT2D eigenvalue weighted by atomic mass is 9.74. The molecule has 0 bridgehead atoms.